The van der Waals surface area contributed by atoms with Crippen LogP contribution in [-0.2, 0) is 33.6 Å². The molecule has 0 fully saturated rings. The van der Waals surface area contributed by atoms with Crippen LogP contribution < -0.4 is 0 Å². The van der Waals surface area contributed by atoms with E-state index < -0.39 is 87.9 Å². The molecular weight excluding hydrogens is 1500 g/mol. The van der Waals surface area contributed by atoms with Crippen molar-refractivity contribution in [1.82, 2.24) is 29.7 Å². The Balaban J connectivity index is 0.000000152. The predicted molar refractivity (Wildman–Crippen MR) is 441 cm³/mol. The number of aromatic nitrogens is 3. The quantitative estimate of drug-likeness (QED) is 0.0552. The van der Waals surface area contributed by atoms with Crippen LogP contribution >= 0.6 is 0 Å². The molecule has 2 unspecified atom stereocenters. The van der Waals surface area contributed by atoms with E-state index in [1.54, 1.807) is 18.6 Å². The molecule has 6 atom stereocenters. The van der Waals surface area contributed by atoms with E-state index in [4.69, 9.17) is 15.3 Å². The maximum atomic E-state index is 15.6. The zero-order valence-electron chi connectivity index (χ0n) is 65.9. The van der Waals surface area contributed by atoms with Crippen molar-refractivity contribution in [3.05, 3.63) is 320 Å². The molecule has 0 saturated heterocycles. The van der Waals surface area contributed by atoms with Gasteiger partial charge in [-0.25, -0.2) is 53.9 Å². The van der Waals surface area contributed by atoms with Crippen molar-refractivity contribution in [2.75, 3.05) is 19.6 Å². The molecule has 3 aliphatic heterocycles. The summed E-state index contributed by atoms with van der Waals surface area (Å²) in [6, 6.07) is 50.9. The standard InChI is InChI=1S/3C32H29F3N2O2/c3*1-19-13-24-17-21(22-8-10-28-23(16-22)5-4-12-36-28)7-9-25(24)31(37(19)18-32(2,3)35)30-26(33)14-20(15-27(30)34)6-11-29(38)39/h3*4-12,14-17,19,31H,13,18H2,1-3H3,(H,38,39)/b3*11-6+/t2*19-,31+;/m10./s1. The molecule has 0 spiro atoms. The number of alkyl halides is 3. The Morgan fingerprint density at radius 1 is 0.359 bits per heavy atom. The number of carbonyl (C=O) groups is 3. The lowest BCUT2D eigenvalue weighted by Crippen LogP contribution is -2.48. The topological polar surface area (TPSA) is 160 Å². The lowest BCUT2D eigenvalue weighted by molar-refractivity contribution is -0.132. The number of aliphatic carboxylic acids is 3. The van der Waals surface area contributed by atoms with E-state index in [1.807, 2.05) is 163 Å². The van der Waals surface area contributed by atoms with E-state index in [9.17, 15) is 27.6 Å². The van der Waals surface area contributed by atoms with Gasteiger partial charge in [0.2, 0.25) is 0 Å². The highest BCUT2D eigenvalue weighted by Gasteiger charge is 2.43. The highest BCUT2D eigenvalue weighted by atomic mass is 19.2. The van der Waals surface area contributed by atoms with E-state index in [0.29, 0.717) is 19.3 Å². The first-order valence-electron chi connectivity index (χ1n) is 38.5. The minimum atomic E-state index is -1.60. The van der Waals surface area contributed by atoms with Gasteiger partial charge in [-0.3, -0.25) is 29.7 Å². The van der Waals surface area contributed by atoms with Gasteiger partial charge < -0.3 is 15.3 Å². The first kappa shape index (κ1) is 83.1. The molecule has 600 valence electrons. The Bertz CT molecular complexity index is 5270. The first-order chi connectivity index (χ1) is 55.5. The number of pyridine rings is 3. The summed E-state index contributed by atoms with van der Waals surface area (Å²) in [6.45, 7) is 14.5. The number of benzene rings is 9. The molecule has 9 aromatic carbocycles. The number of halogens is 9. The fraction of sp³-hybridized carbons (Fsp3) is 0.250. The summed E-state index contributed by atoms with van der Waals surface area (Å²) in [6.07, 6.45) is 12.9. The van der Waals surface area contributed by atoms with Gasteiger partial charge in [0.05, 0.1) is 34.7 Å². The summed E-state index contributed by atoms with van der Waals surface area (Å²) in [5.41, 5.74) is 8.55. The van der Waals surface area contributed by atoms with Crippen LogP contribution in [0.2, 0.25) is 0 Å². The predicted octanol–water partition coefficient (Wildman–Crippen LogP) is 22.1. The van der Waals surface area contributed by atoms with E-state index >= 15 is 26.3 Å². The molecule has 15 rings (SSSR count). The molecule has 0 radical (unpaired) electrons. The number of hydrogen-bond acceptors (Lipinski definition) is 9. The van der Waals surface area contributed by atoms with Crippen molar-refractivity contribution in [3.63, 3.8) is 0 Å². The second kappa shape index (κ2) is 34.1. The Labute approximate surface area is 672 Å². The Morgan fingerprint density at radius 3 is 0.821 bits per heavy atom. The monoisotopic (exact) mass is 1590 g/mol. The van der Waals surface area contributed by atoms with Crippen molar-refractivity contribution >= 4 is 68.8 Å². The number of hydrogen-bond donors (Lipinski definition) is 3. The van der Waals surface area contributed by atoms with Crippen LogP contribution in [0.4, 0.5) is 39.5 Å². The first-order valence-corrected chi connectivity index (χ1v) is 38.5. The van der Waals surface area contributed by atoms with E-state index in [2.05, 4.69) is 33.2 Å². The SMILES string of the molecule is CC1Cc2cc(-c3ccc4ncccc4c3)ccc2C(c2c(F)cc(/C=C/C(=O)O)cc2F)N1CC(C)(C)F.C[C@@H]1Cc2cc(-c3ccc4ncccc4c3)ccc2[C@@H](c2c(F)cc(/C=C/C(=O)O)cc2F)N1CC(C)(C)F.C[C@H]1Cc2cc(-c3ccc4ncccc4c3)ccc2[C@H](c2c(F)cc(/C=C/C(=O)O)cc2F)N1CC(C)(C)F. The van der Waals surface area contributed by atoms with Crippen molar-refractivity contribution < 1.29 is 69.2 Å². The summed E-state index contributed by atoms with van der Waals surface area (Å²) >= 11 is 0. The highest BCUT2D eigenvalue weighted by Crippen LogP contribution is 2.47. The van der Waals surface area contributed by atoms with Crippen LogP contribution in [0.15, 0.2) is 219 Å². The number of fused-ring (bicyclic) bond motifs is 6. The van der Waals surface area contributed by atoms with Crippen LogP contribution in [0.1, 0.15) is 147 Å². The molecule has 21 heteroatoms. The average molecular weight is 1590 g/mol. The third kappa shape index (κ3) is 19.3. The van der Waals surface area contributed by atoms with Gasteiger partial charge in [-0.05, 0) is 274 Å². The van der Waals surface area contributed by atoms with Gasteiger partial charge in [-0.2, -0.15) is 0 Å². The average Bonchev–Trinajstić information content (AvgIpc) is 0.755. The molecule has 0 saturated carbocycles. The van der Waals surface area contributed by atoms with Crippen LogP contribution in [-0.4, -0.2) is 118 Å². The largest absolute Gasteiger partial charge is 0.478 e. The summed E-state index contributed by atoms with van der Waals surface area (Å²) in [5, 5.41) is 29.7. The molecule has 0 bridgehead atoms. The van der Waals surface area contributed by atoms with Crippen LogP contribution in [0.3, 0.4) is 0 Å². The van der Waals surface area contributed by atoms with Gasteiger partial charge >= 0.3 is 17.9 Å². The van der Waals surface area contributed by atoms with Crippen molar-refractivity contribution in [2.45, 2.75) is 135 Å². The number of rotatable bonds is 18. The zero-order chi connectivity index (χ0) is 83.7. The highest BCUT2D eigenvalue weighted by molar-refractivity contribution is 5.89. The number of nitrogens with zero attached hydrogens (tertiary/aromatic N) is 6. The fourth-order valence-electron chi connectivity index (χ4n) is 16.5. The molecule has 3 aromatic heterocycles. The molecule has 0 aliphatic carbocycles. The molecule has 6 heterocycles. The van der Waals surface area contributed by atoms with Crippen LogP contribution in [0.25, 0.3) is 84.3 Å². The molecule has 0 amide bonds. The maximum absolute atomic E-state index is 15.6. The Kier molecular flexibility index (Phi) is 24.2. The van der Waals surface area contributed by atoms with Gasteiger partial charge in [-0.15, -0.1) is 0 Å². The number of carboxylic acids is 3. The van der Waals surface area contributed by atoms with E-state index in [1.165, 1.54) is 41.5 Å². The molecule has 117 heavy (non-hydrogen) atoms. The second-order valence-electron chi connectivity index (χ2n) is 32.2. The van der Waals surface area contributed by atoms with Gasteiger partial charge in [0.15, 0.2) is 0 Å². The van der Waals surface area contributed by atoms with Crippen LogP contribution in [0, 0.1) is 34.9 Å². The van der Waals surface area contributed by atoms with Crippen molar-refractivity contribution in [2.24, 2.45) is 0 Å². The fourth-order valence-corrected chi connectivity index (χ4v) is 16.5. The van der Waals surface area contributed by atoms with E-state index in [-0.39, 0.29) is 71.1 Å². The van der Waals surface area contributed by atoms with Gasteiger partial charge in [0.1, 0.15) is 51.9 Å². The third-order valence-electron chi connectivity index (χ3n) is 21.4. The third-order valence-corrected chi connectivity index (χ3v) is 21.4. The molecule has 12 aromatic rings. The molecule has 3 aliphatic rings. The van der Waals surface area contributed by atoms with Gasteiger partial charge in [0.25, 0.3) is 0 Å². The smallest absolute Gasteiger partial charge is 0.328 e. The lowest BCUT2D eigenvalue weighted by Gasteiger charge is -2.44. The molecular formula is C96H87F9N6O6. The summed E-state index contributed by atoms with van der Waals surface area (Å²) in [4.78, 5) is 51.2. The van der Waals surface area contributed by atoms with Crippen LogP contribution in [0.5, 0.6) is 0 Å². The van der Waals surface area contributed by atoms with Crippen molar-refractivity contribution in [3.8, 4) is 33.4 Å². The Hall–Kier alpha value is -11.9. The molecule has 12 nitrogen and oxygen atoms in total. The minimum absolute atomic E-state index is 0.0166. The second-order valence-corrected chi connectivity index (χ2v) is 32.2. The maximum Gasteiger partial charge on any atom is 0.328 e. The normalized spacial score (nSPS) is 18.0. The molecule has 3 N–H and O–H groups in total. The number of carboxylic acid groups (broad SMARTS) is 3. The summed E-state index contributed by atoms with van der Waals surface area (Å²) < 4.78 is 138. The lowest BCUT2D eigenvalue weighted by atomic mass is 9.82. The van der Waals surface area contributed by atoms with Gasteiger partial charge in [-0.1, -0.05) is 91.0 Å². The zero-order valence-corrected chi connectivity index (χ0v) is 65.9. The van der Waals surface area contributed by atoms with Crippen molar-refractivity contribution in [1.29, 1.82) is 0 Å². The summed E-state index contributed by atoms with van der Waals surface area (Å²) in [7, 11) is 0. The Morgan fingerprint density at radius 2 is 0.590 bits per heavy atom. The van der Waals surface area contributed by atoms with E-state index in [0.717, 1.165) is 172 Å². The minimum Gasteiger partial charge on any atom is -0.478 e. The summed E-state index contributed by atoms with van der Waals surface area (Å²) in [5.74, 6) is -8.50. The van der Waals surface area contributed by atoms with Gasteiger partial charge in [0, 0.05) is 107 Å².